The van der Waals surface area contributed by atoms with Crippen LogP contribution in [0.1, 0.15) is 15.4 Å². The van der Waals surface area contributed by atoms with Gasteiger partial charge in [-0.25, -0.2) is 4.79 Å². The summed E-state index contributed by atoms with van der Waals surface area (Å²) >= 11 is 1.18. The fraction of sp³-hybridized carbons (Fsp3) is 0.143. The Bertz CT molecular complexity index is 442. The maximum absolute atomic E-state index is 10.5. The lowest BCUT2D eigenvalue weighted by atomic mass is 10.4. The van der Waals surface area contributed by atoms with Crippen molar-refractivity contribution in [3.05, 3.63) is 16.6 Å². The van der Waals surface area contributed by atoms with Crippen molar-refractivity contribution in [1.82, 2.24) is 5.16 Å². The number of nitrogens with zero attached hydrogens (tertiary/aromatic N) is 1. The first-order chi connectivity index (χ1) is 5.68. The Balaban J connectivity index is 2.70. The minimum Gasteiger partial charge on any atom is -0.477 e. The van der Waals surface area contributed by atoms with E-state index < -0.39 is 5.97 Å². The number of aryl methyl sites for hydroxylation is 1. The van der Waals surface area contributed by atoms with E-state index in [-0.39, 0.29) is 4.88 Å². The van der Waals surface area contributed by atoms with E-state index in [9.17, 15) is 4.79 Å². The number of fused-ring (bicyclic) bond motifs is 1. The van der Waals surface area contributed by atoms with Crippen LogP contribution < -0.4 is 0 Å². The topological polar surface area (TPSA) is 63.3 Å². The van der Waals surface area contributed by atoms with E-state index in [2.05, 4.69) is 5.16 Å². The number of aromatic nitrogens is 1. The molecular weight excluding hydrogens is 178 g/mol. The molecule has 0 atom stereocenters. The molecule has 5 heteroatoms. The SMILES string of the molecule is Cc1noc2cc(C(=O)O)sc12. The lowest BCUT2D eigenvalue weighted by Gasteiger charge is -1.81. The summed E-state index contributed by atoms with van der Waals surface area (Å²) in [6.45, 7) is 1.79. The van der Waals surface area contributed by atoms with Crippen LogP contribution in [0.2, 0.25) is 0 Å². The Kier molecular flexibility index (Phi) is 1.41. The molecule has 1 N–H and O–H groups in total. The summed E-state index contributed by atoms with van der Waals surface area (Å²) in [5.41, 5.74) is 1.29. The highest BCUT2D eigenvalue weighted by Gasteiger charge is 2.13. The fourth-order valence-electron chi connectivity index (χ4n) is 0.959. The van der Waals surface area contributed by atoms with Crippen LogP contribution in [-0.4, -0.2) is 16.2 Å². The minimum atomic E-state index is -0.925. The molecule has 0 unspecified atom stereocenters. The Labute approximate surface area is 71.4 Å². The van der Waals surface area contributed by atoms with E-state index in [4.69, 9.17) is 9.63 Å². The van der Waals surface area contributed by atoms with Gasteiger partial charge >= 0.3 is 5.97 Å². The second-order valence-corrected chi connectivity index (χ2v) is 3.43. The molecular formula is C7H5NO3S. The molecule has 0 aromatic carbocycles. The molecule has 0 radical (unpaired) electrons. The third kappa shape index (κ3) is 0.902. The first-order valence-electron chi connectivity index (χ1n) is 3.27. The summed E-state index contributed by atoms with van der Waals surface area (Å²) < 4.78 is 5.69. The molecule has 0 aliphatic rings. The van der Waals surface area contributed by atoms with Gasteiger partial charge in [-0.05, 0) is 6.92 Å². The number of carboxylic acid groups (broad SMARTS) is 1. The molecule has 0 bridgehead atoms. The average molecular weight is 183 g/mol. The highest BCUT2D eigenvalue weighted by atomic mass is 32.1. The van der Waals surface area contributed by atoms with Crippen LogP contribution in [-0.2, 0) is 0 Å². The van der Waals surface area contributed by atoms with Crippen LogP contribution in [0.5, 0.6) is 0 Å². The van der Waals surface area contributed by atoms with Crippen LogP contribution in [0.3, 0.4) is 0 Å². The molecule has 4 nitrogen and oxygen atoms in total. The lowest BCUT2D eigenvalue weighted by molar-refractivity contribution is 0.0702. The number of rotatable bonds is 1. The van der Waals surface area contributed by atoms with E-state index in [1.807, 2.05) is 0 Å². The van der Waals surface area contributed by atoms with Gasteiger partial charge in [-0.15, -0.1) is 11.3 Å². The third-order valence-corrected chi connectivity index (χ3v) is 2.73. The van der Waals surface area contributed by atoms with E-state index in [1.54, 1.807) is 6.92 Å². The van der Waals surface area contributed by atoms with Gasteiger partial charge in [0, 0.05) is 6.07 Å². The van der Waals surface area contributed by atoms with Crippen molar-refractivity contribution in [2.24, 2.45) is 0 Å². The number of hydrogen-bond acceptors (Lipinski definition) is 4. The highest BCUT2D eigenvalue weighted by molar-refractivity contribution is 7.20. The van der Waals surface area contributed by atoms with Gasteiger partial charge in [-0.3, -0.25) is 0 Å². The molecule has 0 saturated carbocycles. The van der Waals surface area contributed by atoms with E-state index in [0.29, 0.717) is 5.58 Å². The zero-order valence-electron chi connectivity index (χ0n) is 6.20. The van der Waals surface area contributed by atoms with Gasteiger partial charge in [0.1, 0.15) is 4.88 Å². The number of aromatic carboxylic acids is 1. The Hall–Kier alpha value is -1.36. The second-order valence-electron chi connectivity index (χ2n) is 2.38. The fourth-order valence-corrected chi connectivity index (χ4v) is 1.81. The molecule has 62 valence electrons. The smallest absolute Gasteiger partial charge is 0.346 e. The average Bonchev–Trinajstić information content (AvgIpc) is 2.53. The first kappa shape index (κ1) is 7.30. The predicted molar refractivity (Wildman–Crippen MR) is 43.6 cm³/mol. The highest BCUT2D eigenvalue weighted by Crippen LogP contribution is 2.27. The summed E-state index contributed by atoms with van der Waals surface area (Å²) in [5.74, 6) is -0.925. The van der Waals surface area contributed by atoms with Crippen molar-refractivity contribution in [2.45, 2.75) is 6.92 Å². The molecule has 0 saturated heterocycles. The van der Waals surface area contributed by atoms with Crippen LogP contribution in [0, 0.1) is 6.92 Å². The first-order valence-corrected chi connectivity index (χ1v) is 4.09. The largest absolute Gasteiger partial charge is 0.477 e. The predicted octanol–water partition coefficient (Wildman–Crippen LogP) is 1.90. The molecule has 2 aromatic rings. The molecule has 2 aromatic heterocycles. The summed E-state index contributed by atoms with van der Waals surface area (Å²) in [6.07, 6.45) is 0. The lowest BCUT2D eigenvalue weighted by Crippen LogP contribution is -1.89. The minimum absolute atomic E-state index is 0.286. The van der Waals surface area contributed by atoms with E-state index in [1.165, 1.54) is 17.4 Å². The Morgan fingerprint density at radius 3 is 3.08 bits per heavy atom. The van der Waals surface area contributed by atoms with Crippen molar-refractivity contribution in [3.8, 4) is 0 Å². The summed E-state index contributed by atoms with van der Waals surface area (Å²) in [7, 11) is 0. The zero-order valence-corrected chi connectivity index (χ0v) is 7.01. The normalized spacial score (nSPS) is 10.8. The zero-order chi connectivity index (χ0) is 8.72. The quantitative estimate of drug-likeness (QED) is 0.733. The van der Waals surface area contributed by atoms with Crippen molar-refractivity contribution in [3.63, 3.8) is 0 Å². The molecule has 2 heterocycles. The Morgan fingerprint density at radius 2 is 2.50 bits per heavy atom. The summed E-state index contributed by atoms with van der Waals surface area (Å²) in [4.78, 5) is 10.8. The third-order valence-electron chi connectivity index (χ3n) is 1.52. The molecule has 0 amide bonds. The number of carboxylic acids is 1. The van der Waals surface area contributed by atoms with Crippen LogP contribution >= 0.6 is 11.3 Å². The van der Waals surface area contributed by atoms with Gasteiger partial charge in [0.15, 0.2) is 5.58 Å². The van der Waals surface area contributed by atoms with Crippen molar-refractivity contribution in [1.29, 1.82) is 0 Å². The maximum Gasteiger partial charge on any atom is 0.346 e. The Morgan fingerprint density at radius 1 is 1.75 bits per heavy atom. The van der Waals surface area contributed by atoms with Crippen LogP contribution in [0.25, 0.3) is 10.3 Å². The molecule has 12 heavy (non-hydrogen) atoms. The summed E-state index contributed by atoms with van der Waals surface area (Å²) in [5, 5.41) is 12.3. The molecule has 2 rings (SSSR count). The number of carbonyl (C=O) groups is 1. The number of hydrogen-bond donors (Lipinski definition) is 1. The van der Waals surface area contributed by atoms with Gasteiger partial charge in [0.2, 0.25) is 0 Å². The van der Waals surface area contributed by atoms with Crippen LogP contribution in [0.15, 0.2) is 10.6 Å². The standard InChI is InChI=1S/C7H5NO3S/c1-3-6-4(11-8-3)2-5(12-6)7(9)10/h2H,1H3,(H,9,10). The monoisotopic (exact) mass is 183 g/mol. The van der Waals surface area contributed by atoms with E-state index in [0.717, 1.165) is 10.4 Å². The molecule has 0 spiro atoms. The molecule has 0 aliphatic heterocycles. The van der Waals surface area contributed by atoms with Crippen LogP contribution in [0.4, 0.5) is 0 Å². The summed E-state index contributed by atoms with van der Waals surface area (Å²) in [6, 6.07) is 1.49. The maximum atomic E-state index is 10.5. The van der Waals surface area contributed by atoms with Crippen molar-refractivity contribution >= 4 is 27.6 Å². The van der Waals surface area contributed by atoms with Gasteiger partial charge in [0.05, 0.1) is 10.4 Å². The van der Waals surface area contributed by atoms with Gasteiger partial charge in [-0.2, -0.15) is 0 Å². The van der Waals surface area contributed by atoms with Gasteiger partial charge in [-0.1, -0.05) is 5.16 Å². The molecule has 0 aliphatic carbocycles. The van der Waals surface area contributed by atoms with Gasteiger partial charge in [0.25, 0.3) is 0 Å². The molecule has 0 fully saturated rings. The van der Waals surface area contributed by atoms with Crippen molar-refractivity contribution < 1.29 is 14.4 Å². The van der Waals surface area contributed by atoms with Crippen molar-refractivity contribution in [2.75, 3.05) is 0 Å². The number of thiophene rings is 1. The van der Waals surface area contributed by atoms with Gasteiger partial charge < -0.3 is 9.63 Å². The van der Waals surface area contributed by atoms with E-state index >= 15 is 0 Å². The second kappa shape index (κ2) is 2.31.